The number of hydrogen-bond acceptors (Lipinski definition) is 2. The molecule has 1 fully saturated rings. The third kappa shape index (κ3) is 2.17. The van der Waals surface area contributed by atoms with Crippen molar-refractivity contribution >= 4 is 5.91 Å². The minimum atomic E-state index is -1.00. The standard InChI is InChI=1S/C8H14FNO2/c1-6(11)8(12)10-4-2-3-7(9)5-10/h6-7,11H,2-5H2,1H3. The molecule has 0 bridgehead atoms. The van der Waals surface area contributed by atoms with E-state index in [1.807, 2.05) is 0 Å². The van der Waals surface area contributed by atoms with E-state index in [9.17, 15) is 9.18 Å². The normalized spacial score (nSPS) is 26.9. The van der Waals surface area contributed by atoms with Crippen LogP contribution in [0.25, 0.3) is 0 Å². The van der Waals surface area contributed by atoms with Crippen LogP contribution < -0.4 is 0 Å². The molecule has 4 heteroatoms. The monoisotopic (exact) mass is 175 g/mol. The van der Waals surface area contributed by atoms with E-state index in [1.54, 1.807) is 0 Å². The molecule has 0 aromatic carbocycles. The Bertz CT molecular complexity index is 172. The van der Waals surface area contributed by atoms with Gasteiger partial charge < -0.3 is 10.0 Å². The summed E-state index contributed by atoms with van der Waals surface area (Å²) in [5.74, 6) is -0.364. The van der Waals surface area contributed by atoms with Crippen LogP contribution in [0.1, 0.15) is 19.8 Å². The summed E-state index contributed by atoms with van der Waals surface area (Å²) in [4.78, 5) is 12.5. The molecule has 70 valence electrons. The summed E-state index contributed by atoms with van der Waals surface area (Å²) in [6, 6.07) is 0. The first-order valence-corrected chi connectivity index (χ1v) is 4.22. The molecule has 0 aromatic rings. The van der Waals surface area contributed by atoms with Gasteiger partial charge in [0.1, 0.15) is 12.3 Å². The second kappa shape index (κ2) is 3.85. The number of aliphatic hydroxyl groups excluding tert-OH is 1. The fourth-order valence-electron chi connectivity index (χ4n) is 1.39. The lowest BCUT2D eigenvalue weighted by Gasteiger charge is -2.29. The second-order valence-electron chi connectivity index (χ2n) is 3.20. The van der Waals surface area contributed by atoms with Gasteiger partial charge in [-0.05, 0) is 19.8 Å². The van der Waals surface area contributed by atoms with Crippen LogP contribution in [-0.2, 0) is 4.79 Å². The molecule has 1 rings (SSSR count). The molecule has 1 heterocycles. The predicted molar refractivity (Wildman–Crippen MR) is 42.4 cm³/mol. The highest BCUT2D eigenvalue weighted by atomic mass is 19.1. The molecule has 0 aliphatic carbocycles. The number of aliphatic hydroxyl groups is 1. The lowest BCUT2D eigenvalue weighted by Crippen LogP contribution is -2.44. The quantitative estimate of drug-likeness (QED) is 0.623. The minimum Gasteiger partial charge on any atom is -0.384 e. The average molecular weight is 175 g/mol. The number of rotatable bonds is 1. The Balaban J connectivity index is 2.46. The van der Waals surface area contributed by atoms with Crippen molar-refractivity contribution in [2.45, 2.75) is 32.0 Å². The van der Waals surface area contributed by atoms with E-state index < -0.39 is 12.3 Å². The maximum absolute atomic E-state index is 12.8. The van der Waals surface area contributed by atoms with Crippen LogP contribution in [0.4, 0.5) is 4.39 Å². The van der Waals surface area contributed by atoms with Crippen LogP contribution in [-0.4, -0.2) is 41.3 Å². The smallest absolute Gasteiger partial charge is 0.251 e. The Labute approximate surface area is 71.2 Å². The summed E-state index contributed by atoms with van der Waals surface area (Å²) < 4.78 is 12.8. The third-order valence-electron chi connectivity index (χ3n) is 2.03. The summed E-state index contributed by atoms with van der Waals surface area (Å²) in [6.07, 6.45) is -0.694. The molecular weight excluding hydrogens is 161 g/mol. The number of carbonyl (C=O) groups is 1. The van der Waals surface area contributed by atoms with E-state index in [1.165, 1.54) is 11.8 Å². The van der Waals surface area contributed by atoms with Crippen molar-refractivity contribution in [2.24, 2.45) is 0 Å². The molecule has 2 atom stereocenters. The second-order valence-corrected chi connectivity index (χ2v) is 3.20. The van der Waals surface area contributed by atoms with E-state index in [-0.39, 0.29) is 12.5 Å². The SMILES string of the molecule is CC(O)C(=O)N1CCCC(F)C1. The molecule has 1 amide bonds. The maximum atomic E-state index is 12.8. The van der Waals surface area contributed by atoms with Crippen molar-refractivity contribution in [3.63, 3.8) is 0 Å². The molecule has 1 N–H and O–H groups in total. The zero-order valence-electron chi connectivity index (χ0n) is 7.16. The molecular formula is C8H14FNO2. The van der Waals surface area contributed by atoms with Gasteiger partial charge in [0, 0.05) is 6.54 Å². The van der Waals surface area contributed by atoms with E-state index in [0.29, 0.717) is 19.4 Å². The van der Waals surface area contributed by atoms with E-state index >= 15 is 0 Å². The van der Waals surface area contributed by atoms with Crippen molar-refractivity contribution in [1.29, 1.82) is 0 Å². The van der Waals surface area contributed by atoms with Crippen LogP contribution in [0.5, 0.6) is 0 Å². The molecule has 1 saturated heterocycles. The van der Waals surface area contributed by atoms with Gasteiger partial charge in [0.05, 0.1) is 6.54 Å². The van der Waals surface area contributed by atoms with Gasteiger partial charge >= 0.3 is 0 Å². The van der Waals surface area contributed by atoms with Crippen molar-refractivity contribution in [2.75, 3.05) is 13.1 Å². The Kier molecular flexibility index (Phi) is 3.03. The van der Waals surface area contributed by atoms with Crippen LogP contribution in [0, 0.1) is 0 Å². The highest BCUT2D eigenvalue weighted by Gasteiger charge is 2.25. The topological polar surface area (TPSA) is 40.5 Å². The van der Waals surface area contributed by atoms with Gasteiger partial charge in [0.15, 0.2) is 0 Å². The summed E-state index contributed by atoms with van der Waals surface area (Å²) in [5.41, 5.74) is 0. The Morgan fingerprint density at radius 1 is 1.75 bits per heavy atom. The molecule has 2 unspecified atom stereocenters. The molecule has 12 heavy (non-hydrogen) atoms. The average Bonchev–Trinajstić information content (AvgIpc) is 2.03. The van der Waals surface area contributed by atoms with Crippen LogP contribution in [0.2, 0.25) is 0 Å². The number of nitrogens with zero attached hydrogens (tertiary/aromatic N) is 1. The number of halogens is 1. The number of amides is 1. The highest BCUT2D eigenvalue weighted by Crippen LogP contribution is 2.13. The summed E-state index contributed by atoms with van der Waals surface area (Å²) in [6.45, 7) is 2.12. The zero-order valence-corrected chi connectivity index (χ0v) is 7.16. The largest absolute Gasteiger partial charge is 0.384 e. The minimum absolute atomic E-state index is 0.143. The molecule has 1 aliphatic rings. The maximum Gasteiger partial charge on any atom is 0.251 e. The number of carbonyl (C=O) groups excluding carboxylic acids is 1. The Morgan fingerprint density at radius 2 is 2.42 bits per heavy atom. The van der Waals surface area contributed by atoms with Crippen molar-refractivity contribution in [3.05, 3.63) is 0 Å². The van der Waals surface area contributed by atoms with Gasteiger partial charge in [-0.3, -0.25) is 4.79 Å². The summed E-state index contributed by atoms with van der Waals surface area (Å²) >= 11 is 0. The third-order valence-corrected chi connectivity index (χ3v) is 2.03. The van der Waals surface area contributed by atoms with Gasteiger partial charge in [0.25, 0.3) is 5.91 Å². The first-order valence-electron chi connectivity index (χ1n) is 4.22. The van der Waals surface area contributed by atoms with Crippen molar-refractivity contribution < 1.29 is 14.3 Å². The predicted octanol–water partition coefficient (Wildman–Crippen LogP) is 0.328. The van der Waals surface area contributed by atoms with E-state index in [2.05, 4.69) is 0 Å². The Morgan fingerprint density at radius 3 is 2.92 bits per heavy atom. The zero-order chi connectivity index (χ0) is 9.14. The molecule has 3 nitrogen and oxygen atoms in total. The highest BCUT2D eigenvalue weighted by molar-refractivity contribution is 5.80. The molecule has 0 radical (unpaired) electrons. The van der Waals surface area contributed by atoms with Crippen LogP contribution >= 0.6 is 0 Å². The first kappa shape index (κ1) is 9.45. The Hall–Kier alpha value is -0.640. The van der Waals surface area contributed by atoms with Crippen LogP contribution in [0.15, 0.2) is 0 Å². The number of alkyl halides is 1. The fraction of sp³-hybridized carbons (Fsp3) is 0.875. The molecule has 0 saturated carbocycles. The number of piperidine rings is 1. The van der Waals surface area contributed by atoms with Crippen molar-refractivity contribution in [1.82, 2.24) is 4.90 Å². The van der Waals surface area contributed by atoms with Gasteiger partial charge in [0.2, 0.25) is 0 Å². The molecule has 1 aliphatic heterocycles. The number of likely N-dealkylation sites (tertiary alicyclic amines) is 1. The van der Waals surface area contributed by atoms with Gasteiger partial charge in [-0.2, -0.15) is 0 Å². The lowest BCUT2D eigenvalue weighted by atomic mass is 10.1. The fourth-order valence-corrected chi connectivity index (χ4v) is 1.39. The number of hydrogen-bond donors (Lipinski definition) is 1. The lowest BCUT2D eigenvalue weighted by molar-refractivity contribution is -0.141. The van der Waals surface area contributed by atoms with Gasteiger partial charge in [-0.25, -0.2) is 4.39 Å². The summed E-state index contributed by atoms with van der Waals surface area (Å²) in [5, 5.41) is 8.95. The van der Waals surface area contributed by atoms with Crippen LogP contribution in [0.3, 0.4) is 0 Å². The molecule has 0 spiro atoms. The van der Waals surface area contributed by atoms with Crippen molar-refractivity contribution in [3.8, 4) is 0 Å². The van der Waals surface area contributed by atoms with E-state index in [4.69, 9.17) is 5.11 Å². The van der Waals surface area contributed by atoms with Gasteiger partial charge in [-0.1, -0.05) is 0 Å². The summed E-state index contributed by atoms with van der Waals surface area (Å²) in [7, 11) is 0. The first-order chi connectivity index (χ1) is 5.61. The van der Waals surface area contributed by atoms with Gasteiger partial charge in [-0.15, -0.1) is 0 Å². The van der Waals surface area contributed by atoms with E-state index in [0.717, 1.165) is 0 Å². The molecule has 0 aromatic heterocycles.